The van der Waals surface area contributed by atoms with Crippen molar-refractivity contribution in [2.75, 3.05) is 12.4 Å². The smallest absolute Gasteiger partial charge is 0.311 e. The summed E-state index contributed by atoms with van der Waals surface area (Å²) in [7, 11) is -3.49. The van der Waals surface area contributed by atoms with Gasteiger partial charge in [-0.1, -0.05) is 18.4 Å². The molecule has 0 saturated heterocycles. The maximum atomic E-state index is 12.8. The summed E-state index contributed by atoms with van der Waals surface area (Å²) in [5.41, 5.74) is -1.03. The van der Waals surface area contributed by atoms with Crippen LogP contribution < -0.4 is 5.32 Å². The van der Waals surface area contributed by atoms with Crippen molar-refractivity contribution in [3.63, 3.8) is 0 Å². The molecule has 0 aliphatic heterocycles. The molecule has 0 heterocycles. The van der Waals surface area contributed by atoms with Crippen molar-refractivity contribution >= 4 is 33.6 Å². The number of amides is 1. The molecule has 1 rings (SSSR count). The highest BCUT2D eigenvalue weighted by atomic mass is 32.2. The molecule has 0 radical (unpaired) electrons. The molecule has 0 fully saturated rings. The number of anilines is 1. The second kappa shape index (κ2) is 8.57. The highest BCUT2D eigenvalue weighted by Gasteiger charge is 2.41. The fourth-order valence-electron chi connectivity index (χ4n) is 2.68. The number of rotatable bonds is 8. The van der Waals surface area contributed by atoms with Gasteiger partial charge in [0.25, 0.3) is 0 Å². The molecule has 27 heavy (non-hydrogen) atoms. The summed E-state index contributed by atoms with van der Waals surface area (Å²) >= 11 is 0. The summed E-state index contributed by atoms with van der Waals surface area (Å²) in [6, 6.07) is 5.83. The average Bonchev–Trinajstić information content (AvgIpc) is 2.59. The zero-order valence-corrected chi connectivity index (χ0v) is 16.8. The van der Waals surface area contributed by atoms with Crippen LogP contribution in [-0.2, 0) is 24.6 Å². The lowest BCUT2D eigenvalue weighted by Gasteiger charge is -2.34. The van der Waals surface area contributed by atoms with E-state index in [1.54, 1.807) is 20.8 Å². The Labute approximate surface area is 159 Å². The Kier molecular flexibility index (Phi) is 7.21. The van der Waals surface area contributed by atoms with E-state index in [1.165, 1.54) is 31.4 Å². The van der Waals surface area contributed by atoms with Crippen molar-refractivity contribution in [2.45, 2.75) is 40.5 Å². The maximum Gasteiger partial charge on any atom is 0.311 e. The van der Waals surface area contributed by atoms with Crippen LogP contribution in [0.15, 0.2) is 33.9 Å². The van der Waals surface area contributed by atoms with E-state index in [2.05, 4.69) is 15.0 Å². The van der Waals surface area contributed by atoms with Crippen molar-refractivity contribution < 1.29 is 27.3 Å². The third-order valence-electron chi connectivity index (χ3n) is 4.28. The Morgan fingerprint density at radius 3 is 2.19 bits per heavy atom. The normalized spacial score (nSPS) is 14.6. The van der Waals surface area contributed by atoms with Gasteiger partial charge < -0.3 is 14.6 Å². The molecular weight excluding hydrogens is 374 g/mol. The van der Waals surface area contributed by atoms with Crippen molar-refractivity contribution in [3.05, 3.63) is 24.3 Å². The highest BCUT2D eigenvalue weighted by molar-refractivity contribution is 7.84. The number of nitrogens with one attached hydrogen (secondary N) is 1. The molecule has 1 unspecified atom stereocenters. The van der Waals surface area contributed by atoms with Gasteiger partial charge in [-0.25, -0.2) is 8.42 Å². The zero-order valence-electron chi connectivity index (χ0n) is 16.0. The van der Waals surface area contributed by atoms with Crippen LogP contribution in [0.4, 0.5) is 11.4 Å². The maximum absolute atomic E-state index is 12.8. The van der Waals surface area contributed by atoms with Crippen molar-refractivity contribution in [1.82, 2.24) is 0 Å². The molecule has 1 N–H and O–H groups in total. The van der Waals surface area contributed by atoms with Gasteiger partial charge in [0.05, 0.1) is 18.2 Å². The first kappa shape index (κ1) is 22.7. The number of hydrogen-bond acceptors (Lipinski definition) is 7. The first-order valence-electron chi connectivity index (χ1n) is 8.22. The van der Waals surface area contributed by atoms with Gasteiger partial charge in [-0.3, -0.25) is 9.59 Å². The van der Waals surface area contributed by atoms with Crippen LogP contribution in [0, 0.1) is 10.8 Å². The lowest BCUT2D eigenvalue weighted by molar-refractivity contribution is -0.153. The molecule has 1 amide bonds. The van der Waals surface area contributed by atoms with E-state index in [4.69, 9.17) is 4.74 Å². The van der Waals surface area contributed by atoms with Crippen LogP contribution in [0.25, 0.3) is 0 Å². The molecule has 0 spiro atoms. The summed E-state index contributed by atoms with van der Waals surface area (Å²) < 4.78 is 38.8. The molecule has 1 atom stereocenters. The van der Waals surface area contributed by atoms with Gasteiger partial charge in [0.15, 0.2) is 0 Å². The molecule has 10 heteroatoms. The predicted octanol–water partition coefficient (Wildman–Crippen LogP) is 3.17. The van der Waals surface area contributed by atoms with Gasteiger partial charge in [-0.15, -0.1) is 5.11 Å². The minimum absolute atomic E-state index is 0.150. The number of carbonyl (C=O) groups is 2. The first-order chi connectivity index (χ1) is 12.3. The summed E-state index contributed by atoms with van der Waals surface area (Å²) in [5, 5.41) is 6.07. The zero-order chi connectivity index (χ0) is 20.9. The van der Waals surface area contributed by atoms with E-state index < -0.39 is 27.1 Å². The Bertz CT molecular complexity index is 818. The van der Waals surface area contributed by atoms with Crippen LogP contribution in [0.5, 0.6) is 0 Å². The summed E-state index contributed by atoms with van der Waals surface area (Å²) in [4.78, 5) is 24.7. The topological polar surface area (TPSA) is 137 Å². The predicted molar refractivity (Wildman–Crippen MR) is 98.1 cm³/mol. The number of nitrogens with zero attached hydrogens (tertiary/aromatic N) is 2. The lowest BCUT2D eigenvalue weighted by Crippen LogP contribution is -2.40. The molecule has 0 aliphatic rings. The lowest BCUT2D eigenvalue weighted by atomic mass is 9.72. The average molecular weight is 398 g/mol. The van der Waals surface area contributed by atoms with Crippen LogP contribution in [0.2, 0.25) is 0 Å². The molecule has 1 aromatic carbocycles. The molecular formula is C17H24N3O6S-. The Balaban J connectivity index is 2.92. The van der Waals surface area contributed by atoms with E-state index in [9.17, 15) is 22.6 Å². The molecule has 0 bridgehead atoms. The van der Waals surface area contributed by atoms with Gasteiger partial charge in [0.1, 0.15) is 0 Å². The number of esters is 1. The summed E-state index contributed by atoms with van der Waals surface area (Å²) in [6.07, 6.45) is 0.801. The van der Waals surface area contributed by atoms with Crippen molar-refractivity contribution in [3.8, 4) is 0 Å². The quantitative estimate of drug-likeness (QED) is 0.405. The first-order valence-corrected chi connectivity index (χ1v) is 9.58. The van der Waals surface area contributed by atoms with Crippen molar-refractivity contribution in [2.24, 2.45) is 20.5 Å². The highest BCUT2D eigenvalue weighted by Crippen LogP contribution is 2.38. The van der Waals surface area contributed by atoms with Crippen LogP contribution >= 0.6 is 0 Å². The number of hydrogen-bond donors (Lipinski definition) is 1. The van der Waals surface area contributed by atoms with Crippen LogP contribution in [-0.4, -0.2) is 32.0 Å². The molecule has 0 saturated carbocycles. The second-order valence-corrected chi connectivity index (χ2v) is 8.10. The van der Waals surface area contributed by atoms with Gasteiger partial charge in [-0.2, -0.15) is 0 Å². The molecule has 0 aliphatic carbocycles. The van der Waals surface area contributed by atoms with E-state index in [0.717, 1.165) is 0 Å². The van der Waals surface area contributed by atoms with Crippen LogP contribution in [0.1, 0.15) is 40.5 Å². The number of methoxy groups -OCH3 is 1. The third kappa shape index (κ3) is 6.72. The third-order valence-corrected chi connectivity index (χ3v) is 4.56. The minimum atomic E-state index is -4.80. The molecule has 0 aromatic heterocycles. The minimum Gasteiger partial charge on any atom is -0.728 e. The Hall–Kier alpha value is -2.33. The largest absolute Gasteiger partial charge is 0.728 e. The molecule has 150 valence electrons. The summed E-state index contributed by atoms with van der Waals surface area (Å²) in [6.45, 7) is 7.09. The van der Waals surface area contributed by atoms with Gasteiger partial charge >= 0.3 is 5.97 Å². The van der Waals surface area contributed by atoms with Crippen molar-refractivity contribution in [1.29, 1.82) is 0 Å². The fraction of sp³-hybridized carbons (Fsp3) is 0.529. The van der Waals surface area contributed by atoms with Crippen LogP contribution in [0.3, 0.4) is 0 Å². The Morgan fingerprint density at radius 1 is 1.19 bits per heavy atom. The molecule has 1 aromatic rings. The van der Waals surface area contributed by atoms with E-state index >= 15 is 0 Å². The number of benzene rings is 1. The second-order valence-electron chi connectivity index (χ2n) is 7.08. The van der Waals surface area contributed by atoms with Gasteiger partial charge in [-0.05, 0) is 51.0 Å². The van der Waals surface area contributed by atoms with E-state index in [0.29, 0.717) is 18.5 Å². The SMILES string of the molecule is CCC(C)(CC(C)(C)C(=O)OC)C(=O)Nc1ccc(N=NS(=O)(=O)[O-])cc1. The molecule has 9 nitrogen and oxygen atoms in total. The number of ether oxygens (including phenoxy) is 1. The van der Waals surface area contributed by atoms with Gasteiger partial charge in [0.2, 0.25) is 16.2 Å². The fourth-order valence-corrected chi connectivity index (χ4v) is 2.87. The monoisotopic (exact) mass is 398 g/mol. The van der Waals surface area contributed by atoms with E-state index in [1.807, 2.05) is 6.92 Å². The standard InChI is InChI=1S/C17H25N3O6S/c1-6-17(4,11-16(2,3)15(22)26-5)14(21)18-12-7-9-13(10-8-12)19-20-27(23,24)25/h7-10H,6,11H2,1-5H3,(H,18,21)(H,23,24,25)/p-1. The summed E-state index contributed by atoms with van der Waals surface area (Å²) in [5.74, 6) is -0.656. The number of carbonyl (C=O) groups excluding carboxylic acids is 2. The van der Waals surface area contributed by atoms with E-state index in [-0.39, 0.29) is 11.6 Å². The Morgan fingerprint density at radius 2 is 1.74 bits per heavy atom. The van der Waals surface area contributed by atoms with Gasteiger partial charge in [0, 0.05) is 11.1 Å².